The molecule has 0 amide bonds. The lowest BCUT2D eigenvalue weighted by Gasteiger charge is -2.17. The number of aromatic nitrogens is 2. The van der Waals surface area contributed by atoms with Crippen molar-refractivity contribution in [2.24, 2.45) is 0 Å². The molecule has 0 aromatic carbocycles. The molecular formula is C20H30N2O5. The molecule has 1 aliphatic heterocycles. The van der Waals surface area contributed by atoms with Crippen LogP contribution in [0.1, 0.15) is 51.8 Å². The molecule has 0 bridgehead atoms. The van der Waals surface area contributed by atoms with Gasteiger partial charge in [0.1, 0.15) is 12.3 Å². The van der Waals surface area contributed by atoms with E-state index >= 15 is 0 Å². The summed E-state index contributed by atoms with van der Waals surface area (Å²) in [4.78, 5) is 25.2. The van der Waals surface area contributed by atoms with Crippen LogP contribution in [-0.4, -0.2) is 38.2 Å². The van der Waals surface area contributed by atoms with Crippen molar-refractivity contribution in [2.75, 3.05) is 6.61 Å². The van der Waals surface area contributed by atoms with Crippen LogP contribution < -0.4 is 11.2 Å². The summed E-state index contributed by atoms with van der Waals surface area (Å²) in [5.41, 5.74) is 1.99. The number of rotatable bonds is 7. The molecule has 1 aromatic rings. The maximum atomic E-state index is 12.8. The highest BCUT2D eigenvalue weighted by Gasteiger charge is 2.35. The molecular weight excluding hydrogens is 348 g/mol. The topological polar surface area (TPSA) is 93.7 Å². The molecule has 3 atom stereocenters. The fourth-order valence-corrected chi connectivity index (χ4v) is 3.11. The summed E-state index contributed by atoms with van der Waals surface area (Å²) >= 11 is 0. The fourth-order valence-electron chi connectivity index (χ4n) is 3.11. The summed E-state index contributed by atoms with van der Waals surface area (Å²) in [5.74, 6) is 0. The van der Waals surface area contributed by atoms with E-state index in [0.717, 1.165) is 18.4 Å². The summed E-state index contributed by atoms with van der Waals surface area (Å²) in [6.07, 6.45) is 5.24. The number of hydrogen-bond donors (Lipinski definition) is 2. The number of allylic oxidation sites excluding steroid dienone is 4. The average Bonchev–Trinajstić information content (AvgIpc) is 2.98. The van der Waals surface area contributed by atoms with Gasteiger partial charge in [0.2, 0.25) is 0 Å². The zero-order valence-corrected chi connectivity index (χ0v) is 16.5. The molecule has 2 rings (SSSR count). The molecule has 2 N–H and O–H groups in total. The van der Waals surface area contributed by atoms with Crippen LogP contribution in [0.5, 0.6) is 0 Å². The van der Waals surface area contributed by atoms with Crippen molar-refractivity contribution in [3.05, 3.63) is 55.9 Å². The molecule has 0 unspecified atom stereocenters. The van der Waals surface area contributed by atoms with Crippen LogP contribution in [0.15, 0.2) is 39.1 Å². The van der Waals surface area contributed by atoms with Gasteiger partial charge in [-0.1, -0.05) is 23.3 Å². The lowest BCUT2D eigenvalue weighted by molar-refractivity contribution is -0.0463. The zero-order valence-electron chi connectivity index (χ0n) is 16.5. The highest BCUT2D eigenvalue weighted by atomic mass is 16.5. The summed E-state index contributed by atoms with van der Waals surface area (Å²) in [6.45, 7) is 7.61. The molecule has 150 valence electrons. The van der Waals surface area contributed by atoms with E-state index in [2.05, 4.69) is 19.9 Å². The molecule has 1 fully saturated rings. The largest absolute Gasteiger partial charge is 0.394 e. The Bertz CT molecular complexity index is 830. The third kappa shape index (κ3) is 5.28. The Kier molecular flexibility index (Phi) is 7.35. The zero-order chi connectivity index (χ0) is 20.1. The molecule has 7 nitrogen and oxygen atoms in total. The van der Waals surface area contributed by atoms with Gasteiger partial charge in [-0.05, 0) is 40.5 Å². The number of nitrogens with zero attached hydrogens (tertiary/aromatic N) is 2. The second kappa shape index (κ2) is 9.30. The Labute approximate surface area is 159 Å². The molecule has 0 radical (unpaired) electrons. The molecule has 27 heavy (non-hydrogen) atoms. The SMILES string of the molecule is CC(C)=CCC/C(C)=C/Cn1c(=O)c(C)cn([C@H]2C[C@H](O)[C@@H](CO)O2)c1=O. The van der Waals surface area contributed by atoms with Crippen molar-refractivity contribution in [3.63, 3.8) is 0 Å². The van der Waals surface area contributed by atoms with E-state index < -0.39 is 24.1 Å². The number of aryl methyl sites for hydroxylation is 1. The van der Waals surface area contributed by atoms with E-state index in [1.807, 2.05) is 13.0 Å². The Morgan fingerprint density at radius 1 is 1.30 bits per heavy atom. The first-order valence-corrected chi connectivity index (χ1v) is 9.30. The minimum atomic E-state index is -0.843. The Morgan fingerprint density at radius 3 is 2.59 bits per heavy atom. The molecule has 7 heteroatoms. The van der Waals surface area contributed by atoms with Gasteiger partial charge < -0.3 is 14.9 Å². The number of aliphatic hydroxyl groups is 2. The summed E-state index contributed by atoms with van der Waals surface area (Å²) in [5, 5.41) is 19.2. The van der Waals surface area contributed by atoms with Crippen molar-refractivity contribution in [3.8, 4) is 0 Å². The average molecular weight is 378 g/mol. The van der Waals surface area contributed by atoms with E-state index in [0.29, 0.717) is 5.56 Å². The molecule has 2 heterocycles. The summed E-state index contributed by atoms with van der Waals surface area (Å²) in [7, 11) is 0. The van der Waals surface area contributed by atoms with Gasteiger partial charge in [-0.15, -0.1) is 0 Å². The van der Waals surface area contributed by atoms with Crippen LogP contribution in [0, 0.1) is 6.92 Å². The first-order valence-electron chi connectivity index (χ1n) is 9.30. The standard InChI is InChI=1S/C20H30N2O5/c1-13(2)6-5-7-14(3)8-9-21-19(25)15(4)11-22(20(21)26)18-10-16(24)17(12-23)27-18/h6,8,11,16-18,23-24H,5,7,9-10,12H2,1-4H3/b14-8+/t16-,17+,18+/m0/s1. The van der Waals surface area contributed by atoms with Crippen molar-refractivity contribution in [2.45, 2.75) is 71.9 Å². The van der Waals surface area contributed by atoms with Gasteiger partial charge in [0.15, 0.2) is 0 Å². The Hall–Kier alpha value is -1.96. The first kappa shape index (κ1) is 21.3. The lowest BCUT2D eigenvalue weighted by Crippen LogP contribution is -2.42. The summed E-state index contributed by atoms with van der Waals surface area (Å²) < 4.78 is 8.08. The highest BCUT2D eigenvalue weighted by molar-refractivity contribution is 5.07. The van der Waals surface area contributed by atoms with Crippen molar-refractivity contribution in [1.29, 1.82) is 0 Å². The fraction of sp³-hybridized carbons (Fsp3) is 0.600. The normalized spacial score (nSPS) is 22.9. The molecule has 1 aromatic heterocycles. The molecule has 0 spiro atoms. The van der Waals surface area contributed by atoms with Gasteiger partial charge in [-0.25, -0.2) is 4.79 Å². The van der Waals surface area contributed by atoms with Crippen molar-refractivity contribution < 1.29 is 14.9 Å². The number of ether oxygens (including phenoxy) is 1. The van der Waals surface area contributed by atoms with Crippen LogP contribution in [0.2, 0.25) is 0 Å². The molecule has 0 aliphatic carbocycles. The van der Waals surface area contributed by atoms with Crippen LogP contribution in [0.3, 0.4) is 0 Å². The predicted molar refractivity (Wildman–Crippen MR) is 104 cm³/mol. The highest BCUT2D eigenvalue weighted by Crippen LogP contribution is 2.27. The maximum Gasteiger partial charge on any atom is 0.333 e. The molecule has 1 aliphatic rings. The van der Waals surface area contributed by atoms with Gasteiger partial charge in [0, 0.05) is 24.7 Å². The monoisotopic (exact) mass is 378 g/mol. The van der Waals surface area contributed by atoms with Gasteiger partial charge in [0.25, 0.3) is 5.56 Å². The molecule has 0 saturated carbocycles. The van der Waals surface area contributed by atoms with Crippen LogP contribution in [0.25, 0.3) is 0 Å². The van der Waals surface area contributed by atoms with Crippen LogP contribution in [-0.2, 0) is 11.3 Å². The maximum absolute atomic E-state index is 12.8. The quantitative estimate of drug-likeness (QED) is 0.704. The Morgan fingerprint density at radius 2 is 2.00 bits per heavy atom. The van der Waals surface area contributed by atoms with Gasteiger partial charge in [-0.3, -0.25) is 13.9 Å². The summed E-state index contributed by atoms with van der Waals surface area (Å²) in [6, 6.07) is 0. The van der Waals surface area contributed by atoms with E-state index in [1.54, 1.807) is 6.92 Å². The van der Waals surface area contributed by atoms with Gasteiger partial charge in [-0.2, -0.15) is 0 Å². The van der Waals surface area contributed by atoms with Crippen LogP contribution in [0.4, 0.5) is 0 Å². The van der Waals surface area contributed by atoms with E-state index in [4.69, 9.17) is 4.74 Å². The minimum Gasteiger partial charge on any atom is -0.394 e. The molecule has 1 saturated heterocycles. The predicted octanol–water partition coefficient (Wildman–Crippen LogP) is 1.65. The second-order valence-corrected chi connectivity index (χ2v) is 7.40. The number of aliphatic hydroxyl groups excluding tert-OH is 2. The number of hydrogen-bond acceptors (Lipinski definition) is 5. The minimum absolute atomic E-state index is 0.193. The van der Waals surface area contributed by atoms with E-state index in [9.17, 15) is 19.8 Å². The smallest absolute Gasteiger partial charge is 0.333 e. The third-order valence-electron chi connectivity index (χ3n) is 4.77. The first-order chi connectivity index (χ1) is 12.7. The second-order valence-electron chi connectivity index (χ2n) is 7.40. The Balaban J connectivity index is 2.25. The van der Waals surface area contributed by atoms with Crippen LogP contribution >= 0.6 is 0 Å². The van der Waals surface area contributed by atoms with Crippen molar-refractivity contribution in [1.82, 2.24) is 9.13 Å². The lowest BCUT2D eigenvalue weighted by atomic mass is 10.1. The third-order valence-corrected chi connectivity index (χ3v) is 4.77. The van der Waals surface area contributed by atoms with Gasteiger partial charge in [0.05, 0.1) is 12.7 Å². The van der Waals surface area contributed by atoms with E-state index in [-0.39, 0.29) is 25.1 Å². The van der Waals surface area contributed by atoms with E-state index in [1.165, 1.54) is 20.9 Å². The van der Waals surface area contributed by atoms with Crippen molar-refractivity contribution >= 4 is 0 Å². The van der Waals surface area contributed by atoms with Gasteiger partial charge >= 0.3 is 5.69 Å².